The van der Waals surface area contributed by atoms with E-state index in [1.807, 2.05) is 31.2 Å². The lowest BCUT2D eigenvalue weighted by Crippen LogP contribution is -1.89. The molecule has 0 fully saturated rings. The van der Waals surface area contributed by atoms with Crippen molar-refractivity contribution in [2.75, 3.05) is 0 Å². The highest BCUT2D eigenvalue weighted by Gasteiger charge is 2.10. The summed E-state index contributed by atoms with van der Waals surface area (Å²) in [5.41, 5.74) is 2.08. The second kappa shape index (κ2) is 4.28. The molecular weight excluding hydrogens is 244 g/mol. The maximum absolute atomic E-state index is 10.8. The molecule has 0 saturated carbocycles. The van der Waals surface area contributed by atoms with Gasteiger partial charge in [0.2, 0.25) is 0 Å². The van der Waals surface area contributed by atoms with E-state index in [1.165, 1.54) is 11.3 Å². The molecule has 0 aliphatic rings. The lowest BCUT2D eigenvalue weighted by Gasteiger charge is -2.03. The van der Waals surface area contributed by atoms with Gasteiger partial charge in [0.25, 0.3) is 0 Å². The molecule has 0 amide bonds. The molecule has 1 N–H and O–H groups in total. The predicted molar refractivity (Wildman–Crippen MR) is 66.5 cm³/mol. The van der Waals surface area contributed by atoms with Crippen LogP contribution in [0.2, 0.25) is 5.02 Å². The van der Waals surface area contributed by atoms with Gasteiger partial charge in [0.1, 0.15) is 4.88 Å². The Balaban J connectivity index is 2.50. The van der Waals surface area contributed by atoms with E-state index in [2.05, 4.69) is 0 Å². The minimum Gasteiger partial charge on any atom is -0.477 e. The molecule has 0 radical (unpaired) electrons. The zero-order chi connectivity index (χ0) is 11.7. The standard InChI is InChI=1S/C12H9ClO2S/c1-7-2-3-8(13)6-9(7)10-4-5-11(16-10)12(14)15/h2-6H,1H3,(H,14,15). The molecule has 0 saturated heterocycles. The molecule has 0 unspecified atom stereocenters. The van der Waals surface area contributed by atoms with Crippen LogP contribution in [0.3, 0.4) is 0 Å². The molecule has 16 heavy (non-hydrogen) atoms. The third-order valence-corrected chi connectivity index (χ3v) is 3.62. The summed E-state index contributed by atoms with van der Waals surface area (Å²) in [7, 11) is 0. The van der Waals surface area contributed by atoms with Crippen LogP contribution in [0.5, 0.6) is 0 Å². The Hall–Kier alpha value is -1.32. The molecule has 0 spiro atoms. The summed E-state index contributed by atoms with van der Waals surface area (Å²) in [5, 5.41) is 9.51. The van der Waals surface area contributed by atoms with Crippen LogP contribution in [0.15, 0.2) is 30.3 Å². The average Bonchev–Trinajstić information content (AvgIpc) is 2.70. The zero-order valence-corrected chi connectivity index (χ0v) is 10.1. The summed E-state index contributed by atoms with van der Waals surface area (Å²) in [6.07, 6.45) is 0. The molecule has 2 rings (SSSR count). The molecule has 0 aliphatic heterocycles. The number of hydrogen-bond acceptors (Lipinski definition) is 2. The Morgan fingerprint density at radius 1 is 1.31 bits per heavy atom. The van der Waals surface area contributed by atoms with E-state index in [-0.39, 0.29) is 0 Å². The second-order valence-electron chi connectivity index (χ2n) is 3.43. The molecule has 0 bridgehead atoms. The summed E-state index contributed by atoms with van der Waals surface area (Å²) < 4.78 is 0. The van der Waals surface area contributed by atoms with Crippen molar-refractivity contribution in [3.8, 4) is 10.4 Å². The number of carboxylic acid groups (broad SMARTS) is 1. The number of benzene rings is 1. The largest absolute Gasteiger partial charge is 0.477 e. The van der Waals surface area contributed by atoms with Gasteiger partial charge in [-0.15, -0.1) is 11.3 Å². The molecule has 4 heteroatoms. The van der Waals surface area contributed by atoms with Gasteiger partial charge in [-0.2, -0.15) is 0 Å². The quantitative estimate of drug-likeness (QED) is 0.875. The van der Waals surface area contributed by atoms with Gasteiger partial charge in [0.05, 0.1) is 0 Å². The highest BCUT2D eigenvalue weighted by Crippen LogP contribution is 2.32. The highest BCUT2D eigenvalue weighted by atomic mass is 35.5. The first-order valence-corrected chi connectivity index (χ1v) is 5.87. The molecule has 1 aromatic carbocycles. The Kier molecular flexibility index (Phi) is 2.99. The summed E-state index contributed by atoms with van der Waals surface area (Å²) in [6, 6.07) is 9.04. The fraction of sp³-hybridized carbons (Fsp3) is 0.0833. The number of thiophene rings is 1. The van der Waals surface area contributed by atoms with Crippen LogP contribution in [-0.2, 0) is 0 Å². The van der Waals surface area contributed by atoms with E-state index in [9.17, 15) is 4.79 Å². The summed E-state index contributed by atoms with van der Waals surface area (Å²) in [6.45, 7) is 1.98. The van der Waals surface area contributed by atoms with Crippen LogP contribution in [0, 0.1) is 6.92 Å². The third kappa shape index (κ3) is 2.10. The molecule has 2 nitrogen and oxygen atoms in total. The Labute approximate surface area is 102 Å². The molecule has 1 heterocycles. The van der Waals surface area contributed by atoms with E-state index >= 15 is 0 Å². The maximum atomic E-state index is 10.8. The average molecular weight is 253 g/mol. The van der Waals surface area contributed by atoms with Crippen LogP contribution < -0.4 is 0 Å². The van der Waals surface area contributed by atoms with Crippen LogP contribution in [0.1, 0.15) is 15.2 Å². The van der Waals surface area contributed by atoms with Crippen molar-refractivity contribution in [2.45, 2.75) is 6.92 Å². The topological polar surface area (TPSA) is 37.3 Å². The molecular formula is C12H9ClO2S. The molecule has 82 valence electrons. The van der Waals surface area contributed by atoms with Gasteiger partial charge in [-0.25, -0.2) is 4.79 Å². The van der Waals surface area contributed by atoms with Crippen LogP contribution in [0.4, 0.5) is 0 Å². The minimum atomic E-state index is -0.893. The summed E-state index contributed by atoms with van der Waals surface area (Å²) in [5.74, 6) is -0.893. The van der Waals surface area contributed by atoms with E-state index in [0.717, 1.165) is 16.0 Å². The van der Waals surface area contributed by atoms with Gasteiger partial charge in [-0.3, -0.25) is 0 Å². The first kappa shape index (κ1) is 11.2. The molecule has 2 aromatic rings. The van der Waals surface area contributed by atoms with Crippen molar-refractivity contribution >= 4 is 28.9 Å². The fourth-order valence-electron chi connectivity index (χ4n) is 1.46. The van der Waals surface area contributed by atoms with Gasteiger partial charge >= 0.3 is 5.97 Å². The molecule has 1 aromatic heterocycles. The number of halogens is 1. The Bertz CT molecular complexity index is 546. The van der Waals surface area contributed by atoms with Crippen molar-refractivity contribution < 1.29 is 9.90 Å². The lowest BCUT2D eigenvalue weighted by molar-refractivity contribution is 0.0702. The van der Waals surface area contributed by atoms with Gasteiger partial charge in [0, 0.05) is 9.90 Å². The SMILES string of the molecule is Cc1ccc(Cl)cc1-c1ccc(C(=O)O)s1. The molecule has 0 aliphatic carbocycles. The number of hydrogen-bond donors (Lipinski definition) is 1. The fourth-order valence-corrected chi connectivity index (χ4v) is 2.56. The van der Waals surface area contributed by atoms with E-state index in [1.54, 1.807) is 6.07 Å². The van der Waals surface area contributed by atoms with E-state index < -0.39 is 5.97 Å². The van der Waals surface area contributed by atoms with Crippen molar-refractivity contribution in [1.82, 2.24) is 0 Å². The van der Waals surface area contributed by atoms with Crippen LogP contribution >= 0.6 is 22.9 Å². The summed E-state index contributed by atoms with van der Waals surface area (Å²) in [4.78, 5) is 12.1. The normalized spacial score (nSPS) is 10.4. The first-order valence-electron chi connectivity index (χ1n) is 4.67. The predicted octanol–water partition coefficient (Wildman–Crippen LogP) is 4.08. The smallest absolute Gasteiger partial charge is 0.345 e. The Morgan fingerprint density at radius 2 is 2.06 bits per heavy atom. The van der Waals surface area contributed by atoms with Crippen LogP contribution in [-0.4, -0.2) is 11.1 Å². The van der Waals surface area contributed by atoms with Crippen molar-refractivity contribution in [3.05, 3.63) is 45.8 Å². The number of rotatable bonds is 2. The van der Waals surface area contributed by atoms with Gasteiger partial charge in [-0.05, 0) is 42.3 Å². The van der Waals surface area contributed by atoms with Gasteiger partial charge < -0.3 is 5.11 Å². The zero-order valence-electron chi connectivity index (χ0n) is 8.53. The maximum Gasteiger partial charge on any atom is 0.345 e. The summed E-state index contributed by atoms with van der Waals surface area (Å²) >= 11 is 7.18. The van der Waals surface area contributed by atoms with E-state index in [0.29, 0.717) is 9.90 Å². The van der Waals surface area contributed by atoms with Crippen molar-refractivity contribution in [2.24, 2.45) is 0 Å². The lowest BCUT2D eigenvalue weighted by atomic mass is 10.1. The van der Waals surface area contributed by atoms with Crippen molar-refractivity contribution in [3.63, 3.8) is 0 Å². The monoisotopic (exact) mass is 252 g/mol. The Morgan fingerprint density at radius 3 is 2.69 bits per heavy atom. The van der Waals surface area contributed by atoms with E-state index in [4.69, 9.17) is 16.7 Å². The number of aryl methyl sites for hydroxylation is 1. The molecule has 0 atom stereocenters. The number of aromatic carboxylic acids is 1. The van der Waals surface area contributed by atoms with Crippen molar-refractivity contribution in [1.29, 1.82) is 0 Å². The number of carbonyl (C=O) groups is 1. The first-order chi connectivity index (χ1) is 7.58. The van der Waals surface area contributed by atoms with Gasteiger partial charge in [0.15, 0.2) is 0 Å². The minimum absolute atomic E-state index is 0.342. The second-order valence-corrected chi connectivity index (χ2v) is 4.95. The number of carboxylic acids is 1. The highest BCUT2D eigenvalue weighted by molar-refractivity contribution is 7.17. The van der Waals surface area contributed by atoms with Gasteiger partial charge in [-0.1, -0.05) is 17.7 Å². The van der Waals surface area contributed by atoms with Crippen LogP contribution in [0.25, 0.3) is 10.4 Å². The third-order valence-electron chi connectivity index (χ3n) is 2.28.